The molecule has 0 aliphatic carbocycles. The van der Waals surface area contributed by atoms with Crippen LogP contribution in [0.1, 0.15) is 47.8 Å². The Morgan fingerprint density at radius 2 is 1.66 bits per heavy atom. The number of ether oxygens (including phenoxy) is 1. The molecule has 192 valence electrons. The Balaban J connectivity index is 1.40. The number of benzene rings is 3. The fourth-order valence-electron chi connectivity index (χ4n) is 5.00. The maximum Gasteiger partial charge on any atom is 0.258 e. The van der Waals surface area contributed by atoms with Gasteiger partial charge in [0.1, 0.15) is 12.4 Å². The Morgan fingerprint density at radius 1 is 0.974 bits per heavy atom. The Hall–Kier alpha value is -4.16. The lowest BCUT2D eigenvalue weighted by molar-refractivity contribution is -0.117. The lowest BCUT2D eigenvalue weighted by atomic mass is 9.89. The van der Waals surface area contributed by atoms with E-state index in [9.17, 15) is 9.59 Å². The van der Waals surface area contributed by atoms with Crippen molar-refractivity contribution in [3.8, 4) is 5.75 Å². The predicted octanol–water partition coefficient (Wildman–Crippen LogP) is 6.85. The summed E-state index contributed by atoms with van der Waals surface area (Å²) in [7, 11) is 0. The monoisotopic (exact) mass is 525 g/mol. The number of carbonyl (C=O) groups excluding carboxylic acids is 2. The van der Waals surface area contributed by atoms with E-state index < -0.39 is 0 Å². The van der Waals surface area contributed by atoms with Crippen LogP contribution in [0, 0.1) is 0 Å². The number of aromatic nitrogens is 1. The maximum absolute atomic E-state index is 13.8. The SMILES string of the molecule is CC(=O)N(c1ccc(Cl)cc1)C1CC(C)N(C(=O)c2ccc(OCc3ccncc3)cc2)c2ccccc21. The second kappa shape index (κ2) is 11.1. The zero-order chi connectivity index (χ0) is 26.6. The van der Waals surface area contributed by atoms with Gasteiger partial charge in [-0.15, -0.1) is 0 Å². The highest BCUT2D eigenvalue weighted by Crippen LogP contribution is 2.43. The summed E-state index contributed by atoms with van der Waals surface area (Å²) < 4.78 is 5.86. The zero-order valence-corrected chi connectivity index (χ0v) is 22.0. The number of nitrogens with zero attached hydrogens (tertiary/aromatic N) is 3. The second-order valence-corrected chi connectivity index (χ2v) is 9.80. The third-order valence-electron chi connectivity index (χ3n) is 6.79. The topological polar surface area (TPSA) is 62.7 Å². The van der Waals surface area contributed by atoms with Crippen molar-refractivity contribution in [3.05, 3.63) is 119 Å². The van der Waals surface area contributed by atoms with Gasteiger partial charge >= 0.3 is 0 Å². The van der Waals surface area contributed by atoms with Gasteiger partial charge in [0.2, 0.25) is 5.91 Å². The molecule has 1 aliphatic rings. The normalized spacial score (nSPS) is 16.4. The molecule has 5 rings (SSSR count). The molecule has 0 radical (unpaired) electrons. The average Bonchev–Trinajstić information content (AvgIpc) is 2.93. The third kappa shape index (κ3) is 5.27. The molecule has 6 nitrogen and oxygen atoms in total. The average molecular weight is 526 g/mol. The molecule has 2 atom stereocenters. The zero-order valence-electron chi connectivity index (χ0n) is 21.3. The van der Waals surface area contributed by atoms with Gasteiger partial charge in [-0.05, 0) is 91.2 Å². The molecule has 4 aromatic rings. The molecule has 38 heavy (non-hydrogen) atoms. The fourth-order valence-corrected chi connectivity index (χ4v) is 5.12. The van der Waals surface area contributed by atoms with E-state index in [2.05, 4.69) is 4.98 Å². The number of amides is 2. The van der Waals surface area contributed by atoms with E-state index in [1.807, 2.05) is 72.5 Å². The Morgan fingerprint density at radius 3 is 2.34 bits per heavy atom. The van der Waals surface area contributed by atoms with E-state index in [0.29, 0.717) is 29.4 Å². The quantitative estimate of drug-likeness (QED) is 0.276. The van der Waals surface area contributed by atoms with E-state index in [1.165, 1.54) is 0 Å². The fraction of sp³-hybridized carbons (Fsp3) is 0.194. The molecule has 0 N–H and O–H groups in total. The van der Waals surface area contributed by atoms with E-state index >= 15 is 0 Å². The summed E-state index contributed by atoms with van der Waals surface area (Å²) in [4.78, 5) is 34.3. The van der Waals surface area contributed by atoms with Crippen LogP contribution in [0.5, 0.6) is 5.75 Å². The van der Waals surface area contributed by atoms with Crippen molar-refractivity contribution in [2.24, 2.45) is 0 Å². The van der Waals surface area contributed by atoms with Gasteiger partial charge in [0.15, 0.2) is 0 Å². The Labute approximate surface area is 227 Å². The Bertz CT molecular complexity index is 1430. The molecule has 1 aromatic heterocycles. The van der Waals surface area contributed by atoms with Crippen LogP contribution in [0.15, 0.2) is 97.3 Å². The summed E-state index contributed by atoms with van der Waals surface area (Å²) in [6, 6.07) is 25.7. The van der Waals surface area contributed by atoms with Crippen LogP contribution < -0.4 is 14.5 Å². The molecule has 1 aliphatic heterocycles. The highest BCUT2D eigenvalue weighted by atomic mass is 35.5. The summed E-state index contributed by atoms with van der Waals surface area (Å²) in [6.45, 7) is 4.01. The Kier molecular flexibility index (Phi) is 7.43. The highest BCUT2D eigenvalue weighted by Gasteiger charge is 2.38. The number of hydrogen-bond acceptors (Lipinski definition) is 4. The van der Waals surface area contributed by atoms with Gasteiger partial charge < -0.3 is 14.5 Å². The number of halogens is 1. The largest absolute Gasteiger partial charge is 0.489 e. The lowest BCUT2D eigenvalue weighted by Gasteiger charge is -2.43. The van der Waals surface area contributed by atoms with Gasteiger partial charge in [0.25, 0.3) is 5.91 Å². The molecule has 0 bridgehead atoms. The van der Waals surface area contributed by atoms with Crippen LogP contribution in [0.3, 0.4) is 0 Å². The lowest BCUT2D eigenvalue weighted by Crippen LogP contribution is -2.47. The van der Waals surface area contributed by atoms with Gasteiger partial charge in [-0.3, -0.25) is 14.6 Å². The van der Waals surface area contributed by atoms with Crippen molar-refractivity contribution in [2.75, 3.05) is 9.80 Å². The van der Waals surface area contributed by atoms with E-state index in [-0.39, 0.29) is 23.9 Å². The molecule has 0 saturated heterocycles. The van der Waals surface area contributed by atoms with E-state index in [1.54, 1.807) is 48.5 Å². The molecule has 0 fully saturated rings. The number of pyridine rings is 1. The van der Waals surface area contributed by atoms with Crippen molar-refractivity contribution < 1.29 is 14.3 Å². The van der Waals surface area contributed by atoms with Crippen LogP contribution >= 0.6 is 11.6 Å². The number of para-hydroxylation sites is 1. The highest BCUT2D eigenvalue weighted by molar-refractivity contribution is 6.30. The van der Waals surface area contributed by atoms with Gasteiger partial charge in [0, 0.05) is 47.3 Å². The smallest absolute Gasteiger partial charge is 0.258 e. The molecule has 0 spiro atoms. The number of carbonyl (C=O) groups is 2. The van der Waals surface area contributed by atoms with Gasteiger partial charge in [-0.1, -0.05) is 29.8 Å². The molecular weight excluding hydrogens is 498 g/mol. The van der Waals surface area contributed by atoms with Crippen LogP contribution in [-0.4, -0.2) is 22.8 Å². The van der Waals surface area contributed by atoms with Gasteiger partial charge in [-0.2, -0.15) is 0 Å². The molecule has 0 saturated carbocycles. The minimum absolute atomic E-state index is 0.0681. The van der Waals surface area contributed by atoms with Gasteiger partial charge in [0.05, 0.1) is 6.04 Å². The predicted molar refractivity (Wildman–Crippen MR) is 150 cm³/mol. The van der Waals surface area contributed by atoms with Crippen molar-refractivity contribution in [1.82, 2.24) is 4.98 Å². The van der Waals surface area contributed by atoms with Crippen LogP contribution in [0.25, 0.3) is 0 Å². The van der Waals surface area contributed by atoms with Crippen molar-refractivity contribution in [1.29, 1.82) is 0 Å². The first-order chi connectivity index (χ1) is 18.4. The number of anilines is 2. The van der Waals surface area contributed by atoms with E-state index in [0.717, 1.165) is 22.5 Å². The van der Waals surface area contributed by atoms with Crippen molar-refractivity contribution in [2.45, 2.75) is 39.0 Å². The van der Waals surface area contributed by atoms with Crippen molar-refractivity contribution in [3.63, 3.8) is 0 Å². The third-order valence-corrected chi connectivity index (χ3v) is 7.04. The minimum Gasteiger partial charge on any atom is -0.489 e. The van der Waals surface area contributed by atoms with Crippen molar-refractivity contribution >= 4 is 34.8 Å². The van der Waals surface area contributed by atoms with E-state index in [4.69, 9.17) is 16.3 Å². The molecule has 7 heteroatoms. The summed E-state index contributed by atoms with van der Waals surface area (Å²) in [5.74, 6) is 0.525. The molecular formula is C31H28ClN3O3. The number of hydrogen-bond donors (Lipinski definition) is 0. The van der Waals surface area contributed by atoms with Gasteiger partial charge in [-0.25, -0.2) is 0 Å². The minimum atomic E-state index is -0.215. The van der Waals surface area contributed by atoms with Crippen LogP contribution in [0.2, 0.25) is 5.02 Å². The standard InChI is InChI=1S/C31H28ClN3O3/c1-21-19-30(35(22(2)36)26-11-9-25(32)10-12-26)28-5-3-4-6-29(28)34(21)31(37)24-7-13-27(14-8-24)38-20-23-15-17-33-18-16-23/h3-18,21,30H,19-20H2,1-2H3. The summed E-state index contributed by atoms with van der Waals surface area (Å²) >= 11 is 6.10. The molecule has 3 aromatic carbocycles. The maximum atomic E-state index is 13.8. The number of rotatable bonds is 6. The number of fused-ring (bicyclic) bond motifs is 1. The van der Waals surface area contributed by atoms with Crippen LogP contribution in [0.4, 0.5) is 11.4 Å². The summed E-state index contributed by atoms with van der Waals surface area (Å²) in [5.41, 5.74) is 4.10. The molecule has 2 unspecified atom stereocenters. The molecule has 2 amide bonds. The van der Waals surface area contributed by atoms with Crippen LogP contribution in [-0.2, 0) is 11.4 Å². The summed E-state index contributed by atoms with van der Waals surface area (Å²) in [5, 5.41) is 0.611. The second-order valence-electron chi connectivity index (χ2n) is 9.37. The first kappa shape index (κ1) is 25.5. The summed E-state index contributed by atoms with van der Waals surface area (Å²) in [6.07, 6.45) is 4.06. The first-order valence-corrected chi connectivity index (χ1v) is 12.9. The molecule has 2 heterocycles. The first-order valence-electron chi connectivity index (χ1n) is 12.5.